The zero-order valence-corrected chi connectivity index (χ0v) is 7.84. The van der Waals surface area contributed by atoms with Crippen LogP contribution in [-0.4, -0.2) is 17.9 Å². The van der Waals surface area contributed by atoms with Crippen molar-refractivity contribution in [1.82, 2.24) is 5.32 Å². The van der Waals surface area contributed by atoms with Crippen LogP contribution < -0.4 is 5.32 Å². The molecule has 1 heterocycles. The fourth-order valence-electron chi connectivity index (χ4n) is 1.93. The summed E-state index contributed by atoms with van der Waals surface area (Å²) < 4.78 is 0. The number of rotatable bonds is 4. The molecule has 1 aliphatic rings. The molecule has 2 heteroatoms. The summed E-state index contributed by atoms with van der Waals surface area (Å²) in [4.78, 5) is 0. The van der Waals surface area contributed by atoms with Gasteiger partial charge in [-0.25, -0.2) is 0 Å². The van der Waals surface area contributed by atoms with Crippen molar-refractivity contribution in [2.75, 3.05) is 6.54 Å². The van der Waals surface area contributed by atoms with Gasteiger partial charge in [0, 0.05) is 6.54 Å². The van der Waals surface area contributed by atoms with Crippen LogP contribution in [0.1, 0.15) is 32.6 Å². The molecule has 2 nitrogen and oxygen atoms in total. The first kappa shape index (κ1) is 9.75. The summed E-state index contributed by atoms with van der Waals surface area (Å²) >= 11 is 0. The van der Waals surface area contributed by atoms with E-state index in [4.69, 9.17) is 0 Å². The zero-order chi connectivity index (χ0) is 9.03. The van der Waals surface area contributed by atoms with Gasteiger partial charge in [-0.05, 0) is 31.1 Å². The van der Waals surface area contributed by atoms with Crippen LogP contribution >= 0.6 is 0 Å². The Morgan fingerprint density at radius 2 is 2.50 bits per heavy atom. The van der Waals surface area contributed by atoms with Crippen LogP contribution in [0, 0.1) is 5.41 Å². The van der Waals surface area contributed by atoms with Gasteiger partial charge >= 0.3 is 0 Å². The van der Waals surface area contributed by atoms with E-state index in [-0.39, 0.29) is 6.23 Å². The molecule has 0 aromatic carbocycles. The van der Waals surface area contributed by atoms with Crippen molar-refractivity contribution < 1.29 is 5.11 Å². The Morgan fingerprint density at radius 1 is 1.75 bits per heavy atom. The lowest BCUT2D eigenvalue weighted by Crippen LogP contribution is -2.23. The summed E-state index contributed by atoms with van der Waals surface area (Å²) in [5.41, 5.74) is 0.327. The van der Waals surface area contributed by atoms with Crippen LogP contribution in [-0.2, 0) is 0 Å². The maximum atomic E-state index is 9.36. The molecule has 0 saturated carbocycles. The average Bonchev–Trinajstić information content (AvgIpc) is 2.45. The summed E-state index contributed by atoms with van der Waals surface area (Å²) in [6.45, 7) is 6.88. The Kier molecular flexibility index (Phi) is 3.29. The zero-order valence-electron chi connectivity index (χ0n) is 7.84. The van der Waals surface area contributed by atoms with E-state index in [1.165, 1.54) is 0 Å². The summed E-state index contributed by atoms with van der Waals surface area (Å²) in [5.74, 6) is 0. The molecule has 0 bridgehead atoms. The molecular weight excluding hydrogens is 150 g/mol. The molecule has 0 aliphatic carbocycles. The highest BCUT2D eigenvalue weighted by Gasteiger charge is 2.35. The van der Waals surface area contributed by atoms with E-state index in [0.717, 1.165) is 32.2 Å². The molecule has 1 aliphatic heterocycles. The van der Waals surface area contributed by atoms with Crippen molar-refractivity contribution in [2.45, 2.75) is 38.8 Å². The first-order chi connectivity index (χ1) is 5.72. The summed E-state index contributed by atoms with van der Waals surface area (Å²) in [7, 11) is 0. The van der Waals surface area contributed by atoms with Gasteiger partial charge in [0.25, 0.3) is 0 Å². The topological polar surface area (TPSA) is 32.3 Å². The van der Waals surface area contributed by atoms with E-state index >= 15 is 0 Å². The van der Waals surface area contributed by atoms with Crippen LogP contribution in [0.4, 0.5) is 0 Å². The van der Waals surface area contributed by atoms with Crippen LogP contribution in [0.2, 0.25) is 0 Å². The van der Waals surface area contributed by atoms with Gasteiger partial charge in [0.15, 0.2) is 0 Å². The Bertz CT molecular complexity index is 158. The summed E-state index contributed by atoms with van der Waals surface area (Å²) in [6, 6.07) is 0. The van der Waals surface area contributed by atoms with Crippen LogP contribution in [0.3, 0.4) is 0 Å². The lowest BCUT2D eigenvalue weighted by atomic mass is 9.80. The smallest absolute Gasteiger partial charge is 0.105 e. The minimum absolute atomic E-state index is 0.283. The highest BCUT2D eigenvalue weighted by molar-refractivity contribution is 4.90. The molecule has 12 heavy (non-hydrogen) atoms. The van der Waals surface area contributed by atoms with Gasteiger partial charge in [-0.15, -0.1) is 6.58 Å². The van der Waals surface area contributed by atoms with E-state index in [1.54, 1.807) is 0 Å². The van der Waals surface area contributed by atoms with Gasteiger partial charge in [0.05, 0.1) is 0 Å². The Morgan fingerprint density at radius 3 is 2.92 bits per heavy atom. The SMILES string of the molecule is C=CCCC1(CC)CNC(O)C1. The van der Waals surface area contributed by atoms with Crippen molar-refractivity contribution in [3.05, 3.63) is 12.7 Å². The number of hydrogen-bond acceptors (Lipinski definition) is 2. The minimum Gasteiger partial charge on any atom is -0.379 e. The summed E-state index contributed by atoms with van der Waals surface area (Å²) in [6.07, 6.45) is 5.93. The summed E-state index contributed by atoms with van der Waals surface area (Å²) in [5, 5.41) is 12.4. The maximum absolute atomic E-state index is 9.36. The molecule has 1 rings (SSSR count). The molecule has 2 unspecified atom stereocenters. The van der Waals surface area contributed by atoms with Crippen LogP contribution in [0.15, 0.2) is 12.7 Å². The van der Waals surface area contributed by atoms with E-state index in [0.29, 0.717) is 5.41 Å². The largest absolute Gasteiger partial charge is 0.379 e. The van der Waals surface area contributed by atoms with Gasteiger partial charge in [-0.3, -0.25) is 5.32 Å². The highest BCUT2D eigenvalue weighted by Crippen LogP contribution is 2.36. The molecule has 0 spiro atoms. The standard InChI is InChI=1S/C10H19NO/c1-3-5-6-10(4-2)7-9(12)11-8-10/h3,9,11-12H,1,4-8H2,2H3. The second-order valence-electron chi connectivity index (χ2n) is 3.78. The molecule has 0 aromatic heterocycles. The highest BCUT2D eigenvalue weighted by atomic mass is 16.3. The first-order valence-corrected chi connectivity index (χ1v) is 4.75. The van der Waals surface area contributed by atoms with Crippen molar-refractivity contribution in [2.24, 2.45) is 5.41 Å². The van der Waals surface area contributed by atoms with Crippen molar-refractivity contribution in [3.8, 4) is 0 Å². The lowest BCUT2D eigenvalue weighted by molar-refractivity contribution is 0.140. The van der Waals surface area contributed by atoms with Crippen molar-refractivity contribution in [3.63, 3.8) is 0 Å². The van der Waals surface area contributed by atoms with E-state index in [2.05, 4.69) is 18.8 Å². The second-order valence-corrected chi connectivity index (χ2v) is 3.78. The maximum Gasteiger partial charge on any atom is 0.105 e. The second kappa shape index (κ2) is 4.06. The Hall–Kier alpha value is -0.340. The molecule has 70 valence electrons. The van der Waals surface area contributed by atoms with Crippen molar-refractivity contribution in [1.29, 1.82) is 0 Å². The molecule has 2 atom stereocenters. The van der Waals surface area contributed by atoms with Gasteiger partial charge in [0.2, 0.25) is 0 Å². The van der Waals surface area contributed by atoms with E-state index < -0.39 is 0 Å². The van der Waals surface area contributed by atoms with Gasteiger partial charge in [-0.2, -0.15) is 0 Å². The van der Waals surface area contributed by atoms with Crippen LogP contribution in [0.5, 0.6) is 0 Å². The number of allylic oxidation sites excluding steroid dienone is 1. The predicted molar refractivity (Wildman–Crippen MR) is 50.8 cm³/mol. The van der Waals surface area contributed by atoms with Gasteiger partial charge in [0.1, 0.15) is 6.23 Å². The third-order valence-electron chi connectivity index (χ3n) is 2.97. The molecule has 0 amide bonds. The van der Waals surface area contributed by atoms with E-state index in [1.807, 2.05) is 6.08 Å². The number of hydrogen-bond donors (Lipinski definition) is 2. The van der Waals surface area contributed by atoms with Gasteiger partial charge in [-0.1, -0.05) is 13.0 Å². The van der Waals surface area contributed by atoms with Crippen LogP contribution in [0.25, 0.3) is 0 Å². The Labute approximate surface area is 74.7 Å². The molecule has 0 radical (unpaired) electrons. The molecule has 1 fully saturated rings. The molecular formula is C10H19NO. The first-order valence-electron chi connectivity index (χ1n) is 4.75. The third-order valence-corrected chi connectivity index (χ3v) is 2.97. The number of nitrogens with one attached hydrogen (secondary N) is 1. The average molecular weight is 169 g/mol. The van der Waals surface area contributed by atoms with Gasteiger partial charge < -0.3 is 5.11 Å². The monoisotopic (exact) mass is 169 g/mol. The molecule has 2 N–H and O–H groups in total. The van der Waals surface area contributed by atoms with Crippen molar-refractivity contribution >= 4 is 0 Å². The molecule has 0 aromatic rings. The fraction of sp³-hybridized carbons (Fsp3) is 0.800. The van der Waals surface area contributed by atoms with E-state index in [9.17, 15) is 5.11 Å². The number of aliphatic hydroxyl groups is 1. The fourth-order valence-corrected chi connectivity index (χ4v) is 1.93. The minimum atomic E-state index is -0.283. The molecule has 1 saturated heterocycles. The predicted octanol–water partition coefficient (Wildman–Crippen LogP) is 1.66. The Balaban J connectivity index is 2.46. The lowest BCUT2D eigenvalue weighted by Gasteiger charge is -2.25. The quantitative estimate of drug-likeness (QED) is 0.627. The number of aliphatic hydroxyl groups excluding tert-OH is 1. The normalized spacial score (nSPS) is 35.3. The third kappa shape index (κ3) is 2.08.